The van der Waals surface area contributed by atoms with Gasteiger partial charge in [0, 0.05) is 24.1 Å². The number of aryl methyl sites for hydroxylation is 2. The third kappa shape index (κ3) is 3.40. The second kappa shape index (κ2) is 6.70. The lowest BCUT2D eigenvalue weighted by atomic mass is 10.2. The summed E-state index contributed by atoms with van der Waals surface area (Å²) in [5, 5.41) is 8.33. The van der Waals surface area contributed by atoms with E-state index in [1.54, 1.807) is 6.07 Å². The van der Waals surface area contributed by atoms with Crippen LogP contribution in [0.4, 0.5) is 4.39 Å². The monoisotopic (exact) mass is 359 g/mol. The van der Waals surface area contributed by atoms with Gasteiger partial charge in [-0.2, -0.15) is 5.10 Å². The average Bonchev–Trinajstić information content (AvgIpc) is 2.70. The average molecular weight is 361 g/mol. The molecule has 6 heteroatoms. The summed E-state index contributed by atoms with van der Waals surface area (Å²) in [4.78, 5) is 0. The van der Waals surface area contributed by atoms with Gasteiger partial charge < -0.3 is 5.32 Å². The molecule has 0 unspecified atom stereocenters. The van der Waals surface area contributed by atoms with Gasteiger partial charge in [-0.15, -0.1) is 0 Å². The first-order chi connectivity index (χ1) is 9.52. The molecular weight excluding hydrogens is 345 g/mol. The molecule has 0 atom stereocenters. The molecule has 1 aromatic heterocycles. The topological polar surface area (TPSA) is 29.9 Å². The van der Waals surface area contributed by atoms with Gasteiger partial charge in [-0.25, -0.2) is 4.39 Å². The molecule has 1 aromatic carbocycles. The molecule has 0 aliphatic heterocycles. The first-order valence-electron chi connectivity index (χ1n) is 6.39. The highest BCUT2D eigenvalue weighted by molar-refractivity contribution is 9.10. The Labute approximate surface area is 131 Å². The van der Waals surface area contributed by atoms with Gasteiger partial charge in [0.2, 0.25) is 0 Å². The van der Waals surface area contributed by atoms with Crippen LogP contribution in [0.2, 0.25) is 5.02 Å². The van der Waals surface area contributed by atoms with Crippen molar-refractivity contribution in [3.63, 3.8) is 0 Å². The minimum absolute atomic E-state index is 0.238. The molecule has 0 bridgehead atoms. The van der Waals surface area contributed by atoms with E-state index in [0.29, 0.717) is 18.1 Å². The zero-order valence-corrected chi connectivity index (χ0v) is 13.7. The molecule has 0 aliphatic carbocycles. The lowest BCUT2D eigenvalue weighted by Crippen LogP contribution is -2.16. The van der Waals surface area contributed by atoms with E-state index in [2.05, 4.69) is 26.3 Å². The number of rotatable bonds is 5. The third-order valence-corrected chi connectivity index (χ3v) is 4.33. The number of hydrogen-bond donors (Lipinski definition) is 1. The molecule has 2 aromatic rings. The summed E-state index contributed by atoms with van der Waals surface area (Å²) in [5.41, 5.74) is 2.66. The number of aromatic nitrogens is 2. The van der Waals surface area contributed by atoms with Gasteiger partial charge in [0.25, 0.3) is 0 Å². The first-order valence-corrected chi connectivity index (χ1v) is 7.56. The number of benzene rings is 1. The van der Waals surface area contributed by atoms with Gasteiger partial charge in [0.1, 0.15) is 5.82 Å². The fraction of sp³-hybridized carbons (Fsp3) is 0.357. The second-order valence-electron chi connectivity index (χ2n) is 4.50. The number of hydrogen-bond acceptors (Lipinski definition) is 2. The largest absolute Gasteiger partial charge is 0.307 e. The molecule has 0 amide bonds. The minimum Gasteiger partial charge on any atom is -0.307 e. The van der Waals surface area contributed by atoms with Crippen LogP contribution in [-0.2, 0) is 19.6 Å². The van der Waals surface area contributed by atoms with Crippen LogP contribution in [0.3, 0.4) is 0 Å². The first kappa shape index (κ1) is 15.5. The molecule has 108 valence electrons. The second-order valence-corrected chi connectivity index (χ2v) is 5.73. The molecular formula is C14H16BrClFN3. The third-order valence-electron chi connectivity index (χ3n) is 3.07. The predicted octanol–water partition coefficient (Wildman–Crippen LogP) is 4.06. The summed E-state index contributed by atoms with van der Waals surface area (Å²) in [6.45, 7) is 5.84. The summed E-state index contributed by atoms with van der Waals surface area (Å²) in [7, 11) is 0. The molecule has 0 fully saturated rings. The van der Waals surface area contributed by atoms with E-state index in [1.165, 1.54) is 12.1 Å². The van der Waals surface area contributed by atoms with E-state index in [0.717, 1.165) is 28.0 Å². The molecule has 0 radical (unpaired) electrons. The number of nitrogens with one attached hydrogen (secondary N) is 1. The smallest absolute Gasteiger partial charge is 0.123 e. The Bertz CT molecular complexity index is 613. The fourth-order valence-corrected chi connectivity index (χ4v) is 2.62. The highest BCUT2D eigenvalue weighted by atomic mass is 79.9. The van der Waals surface area contributed by atoms with E-state index in [-0.39, 0.29) is 5.82 Å². The normalized spacial score (nSPS) is 11.1. The quantitative estimate of drug-likeness (QED) is 0.871. The van der Waals surface area contributed by atoms with Crippen LogP contribution in [0.1, 0.15) is 23.9 Å². The Balaban J connectivity index is 2.04. The van der Waals surface area contributed by atoms with Gasteiger partial charge in [-0.3, -0.25) is 4.68 Å². The van der Waals surface area contributed by atoms with Crippen LogP contribution in [0.25, 0.3) is 0 Å². The van der Waals surface area contributed by atoms with Crippen LogP contribution in [0.15, 0.2) is 22.7 Å². The summed E-state index contributed by atoms with van der Waals surface area (Å²) in [5.74, 6) is -0.238. The van der Waals surface area contributed by atoms with Gasteiger partial charge in [-0.1, -0.05) is 27.5 Å². The van der Waals surface area contributed by atoms with Crippen LogP contribution in [-0.4, -0.2) is 9.78 Å². The molecule has 20 heavy (non-hydrogen) atoms. The Kier molecular flexibility index (Phi) is 5.18. The lowest BCUT2D eigenvalue weighted by molar-refractivity contribution is 0.576. The van der Waals surface area contributed by atoms with Crippen LogP contribution >= 0.6 is 27.5 Å². The van der Waals surface area contributed by atoms with Crippen molar-refractivity contribution >= 4 is 27.5 Å². The maximum atomic E-state index is 13.2. The predicted molar refractivity (Wildman–Crippen MR) is 82.3 cm³/mol. The van der Waals surface area contributed by atoms with Crippen molar-refractivity contribution in [2.24, 2.45) is 0 Å². The zero-order valence-electron chi connectivity index (χ0n) is 11.4. The molecule has 1 N–H and O–H groups in total. The number of halogens is 3. The van der Waals surface area contributed by atoms with Gasteiger partial charge >= 0.3 is 0 Å². The van der Waals surface area contributed by atoms with Crippen molar-refractivity contribution in [1.29, 1.82) is 0 Å². The SMILES string of the molecule is CCn1nc(C)c(Cl)c1CNCc1cc(F)ccc1Br. The molecule has 0 saturated carbocycles. The lowest BCUT2D eigenvalue weighted by Gasteiger charge is -2.09. The van der Waals surface area contributed by atoms with E-state index < -0.39 is 0 Å². The maximum absolute atomic E-state index is 13.2. The van der Waals surface area contributed by atoms with Crippen LogP contribution < -0.4 is 5.32 Å². The van der Waals surface area contributed by atoms with Crippen molar-refractivity contribution in [2.75, 3.05) is 0 Å². The van der Waals surface area contributed by atoms with Crippen LogP contribution in [0, 0.1) is 12.7 Å². The Morgan fingerprint density at radius 3 is 2.85 bits per heavy atom. The Morgan fingerprint density at radius 1 is 1.40 bits per heavy atom. The highest BCUT2D eigenvalue weighted by Gasteiger charge is 2.12. The molecule has 0 spiro atoms. The van der Waals surface area contributed by atoms with E-state index in [9.17, 15) is 4.39 Å². The summed E-state index contributed by atoms with van der Waals surface area (Å²) < 4.78 is 16.0. The van der Waals surface area contributed by atoms with Gasteiger partial charge in [-0.05, 0) is 37.6 Å². The molecule has 0 saturated heterocycles. The van der Waals surface area contributed by atoms with Crippen molar-refractivity contribution in [1.82, 2.24) is 15.1 Å². The van der Waals surface area contributed by atoms with Gasteiger partial charge in [0.15, 0.2) is 0 Å². The molecule has 0 aliphatic rings. The van der Waals surface area contributed by atoms with E-state index in [1.807, 2.05) is 18.5 Å². The number of nitrogens with zero attached hydrogens (tertiary/aromatic N) is 2. The van der Waals surface area contributed by atoms with Crippen molar-refractivity contribution < 1.29 is 4.39 Å². The highest BCUT2D eigenvalue weighted by Crippen LogP contribution is 2.21. The Morgan fingerprint density at radius 2 is 2.15 bits per heavy atom. The molecule has 2 rings (SSSR count). The van der Waals surface area contributed by atoms with E-state index in [4.69, 9.17) is 11.6 Å². The van der Waals surface area contributed by atoms with Crippen molar-refractivity contribution in [3.8, 4) is 0 Å². The summed E-state index contributed by atoms with van der Waals surface area (Å²) in [6, 6.07) is 4.65. The maximum Gasteiger partial charge on any atom is 0.123 e. The fourth-order valence-electron chi connectivity index (χ4n) is 2.03. The Hall–Kier alpha value is -0.910. The summed E-state index contributed by atoms with van der Waals surface area (Å²) in [6.07, 6.45) is 0. The van der Waals surface area contributed by atoms with Gasteiger partial charge in [0.05, 0.1) is 16.4 Å². The van der Waals surface area contributed by atoms with Crippen LogP contribution in [0.5, 0.6) is 0 Å². The zero-order chi connectivity index (χ0) is 14.7. The van der Waals surface area contributed by atoms with Crippen molar-refractivity contribution in [3.05, 3.63) is 50.5 Å². The summed E-state index contributed by atoms with van der Waals surface area (Å²) >= 11 is 9.65. The van der Waals surface area contributed by atoms with E-state index >= 15 is 0 Å². The molecule has 1 heterocycles. The minimum atomic E-state index is -0.238. The van der Waals surface area contributed by atoms with Crippen molar-refractivity contribution in [2.45, 2.75) is 33.5 Å². The molecule has 3 nitrogen and oxygen atoms in total. The standard InChI is InChI=1S/C14H16BrClFN3/c1-3-20-13(14(16)9(2)19-20)8-18-7-10-6-11(17)4-5-12(10)15/h4-6,18H,3,7-8H2,1-2H3.